The molecule has 0 aliphatic carbocycles. The van der Waals surface area contributed by atoms with Crippen LogP contribution in [0.5, 0.6) is 11.5 Å². The number of rotatable bonds is 6. The van der Waals surface area contributed by atoms with Crippen molar-refractivity contribution in [3.63, 3.8) is 0 Å². The van der Waals surface area contributed by atoms with E-state index in [-0.39, 0.29) is 10.6 Å². The predicted octanol–water partition coefficient (Wildman–Crippen LogP) is 1.56. The van der Waals surface area contributed by atoms with E-state index in [2.05, 4.69) is 4.98 Å². The van der Waals surface area contributed by atoms with Crippen LogP contribution in [0.2, 0.25) is 0 Å². The molecule has 2 aromatic rings. The summed E-state index contributed by atoms with van der Waals surface area (Å²) in [5.41, 5.74) is 0.144. The first-order valence-electron chi connectivity index (χ1n) is 6.44. The molecule has 0 amide bonds. The van der Waals surface area contributed by atoms with E-state index in [0.29, 0.717) is 17.2 Å². The molecule has 8 nitrogen and oxygen atoms in total. The van der Waals surface area contributed by atoms with Gasteiger partial charge in [0.05, 0.1) is 19.9 Å². The molecule has 2 N–H and O–H groups in total. The molecule has 9 heteroatoms. The van der Waals surface area contributed by atoms with Gasteiger partial charge in [0, 0.05) is 19.3 Å². The Morgan fingerprint density at radius 2 is 1.83 bits per heavy atom. The van der Waals surface area contributed by atoms with Crippen LogP contribution >= 0.6 is 0 Å². The summed E-state index contributed by atoms with van der Waals surface area (Å²) >= 11 is 0. The SMILES string of the molecule is COc1ccc(N(C)S(=O)(=O)c2c[nH]c(C(=O)O)c2)cc1OC. The standard InChI is InChI=1S/C14H16N2O6S/c1-16(9-4-5-12(21-2)13(6-9)22-3)23(19,20)10-7-11(14(17)18)15-8-10/h4-8,15H,1-3H3,(H,17,18). The van der Waals surface area contributed by atoms with Crippen LogP contribution in [0, 0.1) is 0 Å². The van der Waals surface area contributed by atoms with Gasteiger partial charge in [0.25, 0.3) is 10.0 Å². The van der Waals surface area contributed by atoms with Gasteiger partial charge in [-0.2, -0.15) is 0 Å². The number of carboxylic acid groups (broad SMARTS) is 1. The van der Waals surface area contributed by atoms with Crippen molar-refractivity contribution in [1.29, 1.82) is 0 Å². The number of anilines is 1. The number of sulfonamides is 1. The maximum Gasteiger partial charge on any atom is 0.352 e. The largest absolute Gasteiger partial charge is 0.493 e. The maximum absolute atomic E-state index is 12.6. The van der Waals surface area contributed by atoms with Crippen molar-refractivity contribution >= 4 is 21.7 Å². The van der Waals surface area contributed by atoms with Crippen LogP contribution in [0.3, 0.4) is 0 Å². The van der Waals surface area contributed by atoms with Gasteiger partial charge in [-0.15, -0.1) is 0 Å². The van der Waals surface area contributed by atoms with Crippen LogP contribution in [0.1, 0.15) is 10.5 Å². The fourth-order valence-corrected chi connectivity index (χ4v) is 3.15. The zero-order valence-electron chi connectivity index (χ0n) is 12.7. The number of hydrogen-bond donors (Lipinski definition) is 2. The number of benzene rings is 1. The Hall–Kier alpha value is -2.68. The summed E-state index contributed by atoms with van der Waals surface area (Å²) in [5.74, 6) is -0.385. The first-order valence-corrected chi connectivity index (χ1v) is 7.88. The van der Waals surface area contributed by atoms with Crippen LogP contribution in [0.4, 0.5) is 5.69 Å². The number of nitrogens with one attached hydrogen (secondary N) is 1. The molecule has 0 radical (unpaired) electrons. The average molecular weight is 340 g/mol. The molecule has 0 unspecified atom stereocenters. The summed E-state index contributed by atoms with van der Waals surface area (Å²) in [6, 6.07) is 5.72. The van der Waals surface area contributed by atoms with Crippen LogP contribution in [0.15, 0.2) is 35.4 Å². The number of hydrogen-bond acceptors (Lipinski definition) is 5. The number of aromatic carboxylic acids is 1. The van der Waals surface area contributed by atoms with Gasteiger partial charge in [0.2, 0.25) is 0 Å². The van der Waals surface area contributed by atoms with E-state index in [1.165, 1.54) is 27.3 Å². The number of aromatic nitrogens is 1. The minimum Gasteiger partial charge on any atom is -0.493 e. The number of carboxylic acids is 1. The Bertz CT molecular complexity index is 828. The molecule has 0 fully saturated rings. The molecule has 124 valence electrons. The predicted molar refractivity (Wildman–Crippen MR) is 82.9 cm³/mol. The lowest BCUT2D eigenvalue weighted by atomic mass is 10.3. The number of aromatic amines is 1. The quantitative estimate of drug-likeness (QED) is 0.826. The van der Waals surface area contributed by atoms with Gasteiger partial charge >= 0.3 is 5.97 Å². The molecule has 0 saturated heterocycles. The smallest absolute Gasteiger partial charge is 0.352 e. The normalized spacial score (nSPS) is 11.1. The van der Waals surface area contributed by atoms with E-state index in [9.17, 15) is 13.2 Å². The summed E-state index contributed by atoms with van der Waals surface area (Å²) < 4.78 is 36.4. The fourth-order valence-electron chi connectivity index (χ4n) is 1.96. The number of H-pyrrole nitrogens is 1. The summed E-state index contributed by atoms with van der Waals surface area (Å²) in [4.78, 5) is 13.1. The Kier molecular flexibility index (Phi) is 4.50. The zero-order valence-corrected chi connectivity index (χ0v) is 13.5. The van der Waals surface area contributed by atoms with Crippen molar-refractivity contribution in [3.8, 4) is 11.5 Å². The molecule has 1 aromatic heterocycles. The summed E-state index contributed by atoms with van der Waals surface area (Å²) in [6.07, 6.45) is 1.13. The lowest BCUT2D eigenvalue weighted by molar-refractivity contribution is 0.0691. The molecule has 2 rings (SSSR count). The number of methoxy groups -OCH3 is 2. The summed E-state index contributed by atoms with van der Waals surface area (Å²) in [6.45, 7) is 0. The number of nitrogens with zero attached hydrogens (tertiary/aromatic N) is 1. The molecular formula is C14H16N2O6S. The van der Waals surface area contributed by atoms with Gasteiger partial charge in [-0.05, 0) is 18.2 Å². The second-order valence-corrected chi connectivity index (χ2v) is 6.54. The second-order valence-electron chi connectivity index (χ2n) is 4.57. The first-order chi connectivity index (χ1) is 10.8. The van der Waals surface area contributed by atoms with Crippen molar-refractivity contribution in [3.05, 3.63) is 36.2 Å². The van der Waals surface area contributed by atoms with Gasteiger partial charge < -0.3 is 19.6 Å². The van der Waals surface area contributed by atoms with Crippen LogP contribution in [-0.4, -0.2) is 45.7 Å². The summed E-state index contributed by atoms with van der Waals surface area (Å²) in [5, 5.41) is 8.88. The Balaban J connectivity index is 2.41. The highest BCUT2D eigenvalue weighted by Crippen LogP contribution is 2.33. The molecule has 0 spiro atoms. The lowest BCUT2D eigenvalue weighted by Crippen LogP contribution is -2.26. The molecule has 0 aliphatic heterocycles. The molecule has 1 heterocycles. The zero-order chi connectivity index (χ0) is 17.2. The third-order valence-corrected chi connectivity index (χ3v) is 5.04. The Morgan fingerprint density at radius 1 is 1.17 bits per heavy atom. The maximum atomic E-state index is 12.6. The highest BCUT2D eigenvalue weighted by molar-refractivity contribution is 7.92. The molecular weight excluding hydrogens is 324 g/mol. The minimum atomic E-state index is -3.91. The van der Waals surface area contributed by atoms with Crippen molar-refractivity contribution in [2.75, 3.05) is 25.6 Å². The van der Waals surface area contributed by atoms with Crippen molar-refractivity contribution in [1.82, 2.24) is 4.98 Å². The van der Waals surface area contributed by atoms with Gasteiger partial charge in [0.1, 0.15) is 10.6 Å². The van der Waals surface area contributed by atoms with Crippen LogP contribution in [-0.2, 0) is 10.0 Å². The van der Waals surface area contributed by atoms with E-state index in [1.54, 1.807) is 12.1 Å². The highest BCUT2D eigenvalue weighted by Gasteiger charge is 2.24. The highest BCUT2D eigenvalue weighted by atomic mass is 32.2. The molecule has 0 atom stereocenters. The third kappa shape index (κ3) is 3.09. The first kappa shape index (κ1) is 16.7. The van der Waals surface area contributed by atoms with Crippen molar-refractivity contribution < 1.29 is 27.8 Å². The van der Waals surface area contributed by atoms with Crippen molar-refractivity contribution in [2.24, 2.45) is 0 Å². The van der Waals surface area contributed by atoms with Gasteiger partial charge in [-0.3, -0.25) is 4.31 Å². The Morgan fingerprint density at radius 3 is 2.35 bits per heavy atom. The number of ether oxygens (including phenoxy) is 2. The van der Waals surface area contributed by atoms with E-state index >= 15 is 0 Å². The third-order valence-electron chi connectivity index (χ3n) is 3.28. The Labute approximate surface area is 133 Å². The van der Waals surface area contributed by atoms with Crippen LogP contribution < -0.4 is 13.8 Å². The average Bonchev–Trinajstić information content (AvgIpc) is 3.04. The minimum absolute atomic E-state index is 0.146. The molecule has 23 heavy (non-hydrogen) atoms. The molecule has 0 aliphatic rings. The number of carbonyl (C=O) groups is 1. The van der Waals surface area contributed by atoms with E-state index in [1.807, 2.05) is 0 Å². The second kappa shape index (κ2) is 6.21. The van der Waals surface area contributed by atoms with Gasteiger partial charge in [-0.1, -0.05) is 0 Å². The van der Waals surface area contributed by atoms with E-state index in [0.717, 1.165) is 16.6 Å². The molecule has 0 saturated carbocycles. The van der Waals surface area contributed by atoms with Crippen LogP contribution in [0.25, 0.3) is 0 Å². The van der Waals surface area contributed by atoms with E-state index in [4.69, 9.17) is 14.6 Å². The van der Waals surface area contributed by atoms with Gasteiger partial charge in [-0.25, -0.2) is 13.2 Å². The summed E-state index contributed by atoms with van der Waals surface area (Å²) in [7, 11) is 0.381. The lowest BCUT2D eigenvalue weighted by Gasteiger charge is -2.20. The topological polar surface area (TPSA) is 109 Å². The molecule has 0 bridgehead atoms. The van der Waals surface area contributed by atoms with Crippen molar-refractivity contribution in [2.45, 2.75) is 4.90 Å². The monoisotopic (exact) mass is 340 g/mol. The molecule has 1 aromatic carbocycles. The van der Waals surface area contributed by atoms with E-state index < -0.39 is 16.0 Å². The van der Waals surface area contributed by atoms with Gasteiger partial charge in [0.15, 0.2) is 11.5 Å². The fraction of sp³-hybridized carbons (Fsp3) is 0.214.